The molecule has 0 radical (unpaired) electrons. The lowest BCUT2D eigenvalue weighted by Gasteiger charge is -2.11. The SMILES string of the molecule is CC(Sc1nnc(NC2CC2)s1)C(=O)Nc1ccc(OCc2ccccc2)cc1. The molecule has 0 aliphatic heterocycles. The average molecular weight is 427 g/mol. The van der Waals surface area contributed by atoms with Crippen LogP contribution in [0.5, 0.6) is 5.75 Å². The maximum atomic E-state index is 12.5. The molecular weight excluding hydrogens is 404 g/mol. The zero-order valence-electron chi connectivity index (χ0n) is 16.0. The van der Waals surface area contributed by atoms with E-state index in [4.69, 9.17) is 4.74 Å². The minimum atomic E-state index is -0.272. The van der Waals surface area contributed by atoms with E-state index in [1.165, 1.54) is 35.9 Å². The number of anilines is 2. The second-order valence-corrected chi connectivity index (χ2v) is 9.41. The molecule has 1 aromatic heterocycles. The number of nitrogens with one attached hydrogen (secondary N) is 2. The van der Waals surface area contributed by atoms with Crippen LogP contribution in [-0.2, 0) is 11.4 Å². The van der Waals surface area contributed by atoms with Crippen molar-refractivity contribution < 1.29 is 9.53 Å². The van der Waals surface area contributed by atoms with Gasteiger partial charge in [-0.3, -0.25) is 4.79 Å². The third kappa shape index (κ3) is 5.95. The van der Waals surface area contributed by atoms with Gasteiger partial charge in [0, 0.05) is 11.7 Å². The number of thioether (sulfide) groups is 1. The van der Waals surface area contributed by atoms with Crippen LogP contribution >= 0.6 is 23.1 Å². The first-order valence-electron chi connectivity index (χ1n) is 9.50. The molecule has 3 aromatic rings. The molecule has 0 saturated heterocycles. The van der Waals surface area contributed by atoms with Gasteiger partial charge in [-0.25, -0.2) is 0 Å². The van der Waals surface area contributed by atoms with Crippen LogP contribution in [0.25, 0.3) is 0 Å². The molecule has 29 heavy (non-hydrogen) atoms. The van der Waals surface area contributed by atoms with Crippen molar-refractivity contribution in [3.63, 3.8) is 0 Å². The lowest BCUT2D eigenvalue weighted by Crippen LogP contribution is -2.22. The Morgan fingerprint density at radius 3 is 2.66 bits per heavy atom. The number of carbonyl (C=O) groups is 1. The largest absolute Gasteiger partial charge is 0.489 e. The van der Waals surface area contributed by atoms with Crippen LogP contribution in [0, 0.1) is 0 Å². The summed E-state index contributed by atoms with van der Waals surface area (Å²) in [6, 6.07) is 18.0. The van der Waals surface area contributed by atoms with E-state index in [1.807, 2.05) is 61.5 Å². The Morgan fingerprint density at radius 1 is 1.17 bits per heavy atom. The Bertz CT molecular complexity index is 943. The Labute approximate surface area is 178 Å². The van der Waals surface area contributed by atoms with E-state index in [0.29, 0.717) is 12.6 Å². The number of nitrogens with zero attached hydrogens (tertiary/aromatic N) is 2. The summed E-state index contributed by atoms with van der Waals surface area (Å²) in [5.74, 6) is 0.693. The van der Waals surface area contributed by atoms with Crippen LogP contribution in [0.3, 0.4) is 0 Å². The summed E-state index contributed by atoms with van der Waals surface area (Å²) in [5, 5.41) is 15.1. The highest BCUT2D eigenvalue weighted by Gasteiger charge is 2.23. The molecule has 1 saturated carbocycles. The highest BCUT2D eigenvalue weighted by Crippen LogP contribution is 2.32. The van der Waals surface area contributed by atoms with Crippen LogP contribution in [0.1, 0.15) is 25.3 Å². The van der Waals surface area contributed by atoms with E-state index >= 15 is 0 Å². The Hall–Kier alpha value is -2.58. The Morgan fingerprint density at radius 2 is 1.93 bits per heavy atom. The average Bonchev–Trinajstić information content (AvgIpc) is 3.45. The first-order chi connectivity index (χ1) is 14.2. The van der Waals surface area contributed by atoms with Gasteiger partial charge in [-0.05, 0) is 49.6 Å². The van der Waals surface area contributed by atoms with Gasteiger partial charge >= 0.3 is 0 Å². The molecule has 1 aliphatic rings. The molecule has 6 nitrogen and oxygen atoms in total. The smallest absolute Gasteiger partial charge is 0.237 e. The van der Waals surface area contributed by atoms with Crippen molar-refractivity contribution in [2.24, 2.45) is 0 Å². The molecule has 8 heteroatoms. The zero-order valence-corrected chi connectivity index (χ0v) is 17.6. The molecule has 0 bridgehead atoms. The van der Waals surface area contributed by atoms with Crippen molar-refractivity contribution in [1.29, 1.82) is 0 Å². The minimum absolute atomic E-state index is 0.0696. The molecule has 1 heterocycles. The number of hydrogen-bond donors (Lipinski definition) is 2. The number of benzene rings is 2. The number of hydrogen-bond acceptors (Lipinski definition) is 7. The van der Waals surface area contributed by atoms with Crippen LogP contribution in [0.4, 0.5) is 10.8 Å². The molecule has 2 N–H and O–H groups in total. The van der Waals surface area contributed by atoms with E-state index in [2.05, 4.69) is 20.8 Å². The van der Waals surface area contributed by atoms with Crippen molar-refractivity contribution in [3.8, 4) is 5.75 Å². The highest BCUT2D eigenvalue weighted by atomic mass is 32.2. The summed E-state index contributed by atoms with van der Waals surface area (Å²) in [6.45, 7) is 2.38. The van der Waals surface area contributed by atoms with E-state index < -0.39 is 0 Å². The fraction of sp³-hybridized carbons (Fsp3) is 0.286. The molecule has 1 atom stereocenters. The van der Waals surface area contributed by atoms with Crippen LogP contribution < -0.4 is 15.4 Å². The van der Waals surface area contributed by atoms with E-state index in [9.17, 15) is 4.79 Å². The summed E-state index contributed by atoms with van der Waals surface area (Å²) < 4.78 is 6.57. The van der Waals surface area contributed by atoms with Gasteiger partial charge in [-0.15, -0.1) is 10.2 Å². The summed E-state index contributed by atoms with van der Waals surface area (Å²) in [6.07, 6.45) is 2.38. The molecular formula is C21H22N4O2S2. The maximum absolute atomic E-state index is 12.5. The third-order valence-electron chi connectivity index (χ3n) is 4.33. The lowest BCUT2D eigenvalue weighted by molar-refractivity contribution is -0.115. The molecule has 1 fully saturated rings. The van der Waals surface area contributed by atoms with E-state index in [1.54, 1.807) is 0 Å². The molecule has 1 unspecified atom stereocenters. The first kappa shape index (κ1) is 19.7. The molecule has 1 amide bonds. The second-order valence-electron chi connectivity index (χ2n) is 6.84. The van der Waals surface area contributed by atoms with Gasteiger partial charge in [0.15, 0.2) is 4.34 Å². The van der Waals surface area contributed by atoms with Gasteiger partial charge in [0.25, 0.3) is 0 Å². The predicted molar refractivity (Wildman–Crippen MR) is 118 cm³/mol. The lowest BCUT2D eigenvalue weighted by atomic mass is 10.2. The van der Waals surface area contributed by atoms with Crippen LogP contribution in [-0.4, -0.2) is 27.4 Å². The summed E-state index contributed by atoms with van der Waals surface area (Å²) in [4.78, 5) is 12.5. The van der Waals surface area contributed by atoms with Gasteiger partial charge in [-0.1, -0.05) is 53.4 Å². The monoisotopic (exact) mass is 426 g/mol. The number of aromatic nitrogens is 2. The normalized spacial score (nSPS) is 14.2. The summed E-state index contributed by atoms with van der Waals surface area (Å²) in [7, 11) is 0. The van der Waals surface area contributed by atoms with Gasteiger partial charge < -0.3 is 15.4 Å². The second kappa shape index (κ2) is 9.28. The van der Waals surface area contributed by atoms with Crippen molar-refractivity contribution >= 4 is 39.8 Å². The van der Waals surface area contributed by atoms with Gasteiger partial charge in [0.1, 0.15) is 12.4 Å². The van der Waals surface area contributed by atoms with E-state index in [0.717, 1.165) is 26.5 Å². The maximum Gasteiger partial charge on any atom is 0.237 e. The van der Waals surface area contributed by atoms with Gasteiger partial charge in [0.05, 0.1) is 5.25 Å². The quantitative estimate of drug-likeness (QED) is 0.478. The summed E-state index contributed by atoms with van der Waals surface area (Å²) >= 11 is 2.91. The van der Waals surface area contributed by atoms with Crippen LogP contribution in [0.15, 0.2) is 58.9 Å². The van der Waals surface area contributed by atoms with E-state index in [-0.39, 0.29) is 11.2 Å². The molecule has 4 rings (SSSR count). The molecule has 0 spiro atoms. The van der Waals surface area contributed by atoms with Gasteiger partial charge in [0.2, 0.25) is 11.0 Å². The first-order valence-corrected chi connectivity index (χ1v) is 11.2. The van der Waals surface area contributed by atoms with Crippen LogP contribution in [0.2, 0.25) is 0 Å². The van der Waals surface area contributed by atoms with Gasteiger partial charge in [-0.2, -0.15) is 0 Å². The third-order valence-corrected chi connectivity index (χ3v) is 6.37. The fourth-order valence-corrected chi connectivity index (χ4v) is 4.51. The zero-order chi connectivity index (χ0) is 20.1. The highest BCUT2D eigenvalue weighted by molar-refractivity contribution is 8.02. The number of carbonyl (C=O) groups excluding carboxylic acids is 1. The van der Waals surface area contributed by atoms with Crippen molar-refractivity contribution in [2.45, 2.75) is 42.0 Å². The topological polar surface area (TPSA) is 76.1 Å². The number of amides is 1. The predicted octanol–water partition coefficient (Wildman–Crippen LogP) is 4.81. The Balaban J connectivity index is 1.25. The standard InChI is InChI=1S/C21H22N4O2S2/c1-14(28-21-25-24-20(29-21)23-17-7-8-17)19(26)22-16-9-11-18(12-10-16)27-13-15-5-3-2-4-6-15/h2-6,9-12,14,17H,7-8,13H2,1H3,(H,22,26)(H,23,24). The van der Waals surface area contributed by atoms with Crippen molar-refractivity contribution in [3.05, 3.63) is 60.2 Å². The van der Waals surface area contributed by atoms with Crippen molar-refractivity contribution in [1.82, 2.24) is 10.2 Å². The minimum Gasteiger partial charge on any atom is -0.489 e. The number of rotatable bonds is 9. The Kier molecular flexibility index (Phi) is 6.31. The fourth-order valence-electron chi connectivity index (χ4n) is 2.54. The molecule has 2 aromatic carbocycles. The molecule has 150 valence electrons. The van der Waals surface area contributed by atoms with Crippen molar-refractivity contribution in [2.75, 3.05) is 10.6 Å². The summed E-state index contributed by atoms with van der Waals surface area (Å²) in [5.41, 5.74) is 1.85. The number of ether oxygens (including phenoxy) is 1. The molecule has 1 aliphatic carbocycles.